The minimum absolute atomic E-state index is 0.153. The number of benzene rings is 2. The molecular formula is C21H24ClN3O. The van der Waals surface area contributed by atoms with Gasteiger partial charge in [0.2, 0.25) is 5.95 Å². The van der Waals surface area contributed by atoms with Gasteiger partial charge in [0.25, 0.3) is 0 Å². The molecule has 3 rings (SSSR count). The highest BCUT2D eigenvalue weighted by molar-refractivity contribution is 6.30. The van der Waals surface area contributed by atoms with Crippen molar-refractivity contribution in [1.82, 2.24) is 9.55 Å². The van der Waals surface area contributed by atoms with Gasteiger partial charge >= 0.3 is 0 Å². The lowest BCUT2D eigenvalue weighted by Gasteiger charge is -2.06. The molecule has 0 saturated carbocycles. The fourth-order valence-corrected chi connectivity index (χ4v) is 3.19. The van der Waals surface area contributed by atoms with Crippen LogP contribution in [0.1, 0.15) is 44.6 Å². The molecule has 0 amide bonds. The summed E-state index contributed by atoms with van der Waals surface area (Å²) in [5.74, 6) is 0.807. The van der Waals surface area contributed by atoms with Gasteiger partial charge in [0, 0.05) is 23.3 Å². The molecule has 4 nitrogen and oxygen atoms in total. The van der Waals surface area contributed by atoms with Gasteiger partial charge in [-0.15, -0.1) is 0 Å². The maximum Gasteiger partial charge on any atom is 0.230 e. The van der Waals surface area contributed by atoms with Crippen LogP contribution in [0, 0.1) is 0 Å². The van der Waals surface area contributed by atoms with Crippen LogP contribution in [0.4, 0.5) is 5.95 Å². The lowest BCUT2D eigenvalue weighted by atomic mass is 10.1. The Labute approximate surface area is 159 Å². The largest absolute Gasteiger partial charge is 0.507 e. The number of aromatic hydroxyl groups is 1. The number of para-hydroxylation sites is 2. The summed E-state index contributed by atoms with van der Waals surface area (Å²) in [5, 5.41) is 10.5. The number of imidazole rings is 1. The van der Waals surface area contributed by atoms with E-state index >= 15 is 0 Å². The zero-order valence-electron chi connectivity index (χ0n) is 15.0. The molecule has 0 aliphatic rings. The zero-order valence-corrected chi connectivity index (χ0v) is 15.8. The van der Waals surface area contributed by atoms with Gasteiger partial charge in [-0.2, -0.15) is 0 Å². The lowest BCUT2D eigenvalue weighted by molar-refractivity contribution is 0.474. The Bertz CT molecular complexity index is 901. The van der Waals surface area contributed by atoms with Crippen molar-refractivity contribution in [2.75, 3.05) is 0 Å². The van der Waals surface area contributed by atoms with Crippen molar-refractivity contribution in [2.45, 2.75) is 45.6 Å². The summed E-state index contributed by atoms with van der Waals surface area (Å²) in [4.78, 5) is 9.18. The summed E-state index contributed by atoms with van der Waals surface area (Å²) in [7, 11) is 0. The number of phenolic OH excluding ortho intramolecular Hbond substituents is 1. The summed E-state index contributed by atoms with van der Waals surface area (Å²) in [6, 6.07) is 13.0. The second-order valence-corrected chi connectivity index (χ2v) is 6.86. The van der Waals surface area contributed by atoms with Gasteiger partial charge in [-0.1, -0.05) is 56.3 Å². The Balaban J connectivity index is 1.85. The number of hydrogen-bond donors (Lipinski definition) is 1. The molecule has 5 heteroatoms. The molecule has 136 valence electrons. The molecule has 2 aromatic carbocycles. The molecule has 0 unspecified atom stereocenters. The number of aliphatic imine (C=N–C) groups is 1. The van der Waals surface area contributed by atoms with Gasteiger partial charge in [0.1, 0.15) is 5.75 Å². The first kappa shape index (κ1) is 18.5. The van der Waals surface area contributed by atoms with Crippen molar-refractivity contribution < 1.29 is 5.11 Å². The summed E-state index contributed by atoms with van der Waals surface area (Å²) in [6.45, 7) is 3.11. The average Bonchev–Trinajstić information content (AvgIpc) is 3.00. The van der Waals surface area contributed by atoms with Crippen molar-refractivity contribution in [3.8, 4) is 5.75 Å². The highest BCUT2D eigenvalue weighted by atomic mass is 35.5. The third-order valence-corrected chi connectivity index (χ3v) is 4.66. The van der Waals surface area contributed by atoms with Crippen molar-refractivity contribution >= 4 is 34.8 Å². The average molecular weight is 370 g/mol. The second-order valence-electron chi connectivity index (χ2n) is 6.43. The third kappa shape index (κ3) is 4.44. The van der Waals surface area contributed by atoms with E-state index < -0.39 is 0 Å². The Morgan fingerprint density at radius 3 is 2.77 bits per heavy atom. The van der Waals surface area contributed by atoms with Crippen LogP contribution in [-0.4, -0.2) is 20.9 Å². The number of nitrogens with zero attached hydrogens (tertiary/aromatic N) is 3. The standard InChI is InChI=1S/C21H24ClN3O/c1-2-3-4-5-8-13-25-19-10-7-6-9-18(19)24-21(25)23-15-16-14-17(22)11-12-20(16)26/h6-7,9-12,14-15,26H,2-5,8,13H2,1H3/b23-15+. The third-order valence-electron chi connectivity index (χ3n) is 4.43. The van der Waals surface area contributed by atoms with E-state index in [2.05, 4.69) is 27.5 Å². The van der Waals surface area contributed by atoms with E-state index in [1.165, 1.54) is 25.7 Å². The number of phenols is 1. The first-order chi connectivity index (χ1) is 12.7. The number of aromatic nitrogens is 2. The molecule has 0 bridgehead atoms. The molecule has 0 aliphatic carbocycles. The highest BCUT2D eigenvalue weighted by Gasteiger charge is 2.09. The zero-order chi connectivity index (χ0) is 18.4. The molecule has 1 heterocycles. The number of hydrogen-bond acceptors (Lipinski definition) is 3. The minimum atomic E-state index is 0.153. The molecule has 1 aromatic heterocycles. The van der Waals surface area contributed by atoms with Crippen LogP contribution in [0.15, 0.2) is 47.5 Å². The van der Waals surface area contributed by atoms with Crippen LogP contribution in [0.5, 0.6) is 5.75 Å². The normalized spacial score (nSPS) is 11.6. The monoisotopic (exact) mass is 369 g/mol. The van der Waals surface area contributed by atoms with E-state index in [1.807, 2.05) is 18.2 Å². The second kappa shape index (κ2) is 8.86. The van der Waals surface area contributed by atoms with Crippen molar-refractivity contribution in [1.29, 1.82) is 0 Å². The molecule has 1 N–H and O–H groups in total. The molecular weight excluding hydrogens is 346 g/mol. The smallest absolute Gasteiger partial charge is 0.230 e. The number of rotatable bonds is 8. The van der Waals surface area contributed by atoms with Gasteiger partial charge in [0.05, 0.1) is 11.0 Å². The van der Waals surface area contributed by atoms with Crippen molar-refractivity contribution in [3.05, 3.63) is 53.1 Å². The summed E-state index contributed by atoms with van der Waals surface area (Å²) in [6.07, 6.45) is 7.72. The van der Waals surface area contributed by atoms with E-state index in [9.17, 15) is 5.11 Å². The summed E-state index contributed by atoms with van der Waals surface area (Å²) in [5.41, 5.74) is 2.60. The Hall–Kier alpha value is -2.33. The molecule has 0 fully saturated rings. The number of fused-ring (bicyclic) bond motifs is 1. The fourth-order valence-electron chi connectivity index (χ4n) is 3.01. The van der Waals surface area contributed by atoms with Gasteiger partial charge in [-0.05, 0) is 36.8 Å². The van der Waals surface area contributed by atoms with E-state index in [-0.39, 0.29) is 5.75 Å². The fraction of sp³-hybridized carbons (Fsp3) is 0.333. The van der Waals surface area contributed by atoms with Crippen LogP contribution in [-0.2, 0) is 6.54 Å². The maximum atomic E-state index is 9.97. The SMILES string of the molecule is CCCCCCCn1c(/N=C/c2cc(Cl)ccc2O)nc2ccccc21. The minimum Gasteiger partial charge on any atom is -0.507 e. The molecule has 0 atom stereocenters. The van der Waals surface area contributed by atoms with E-state index in [4.69, 9.17) is 11.6 Å². The van der Waals surface area contributed by atoms with Crippen LogP contribution >= 0.6 is 11.6 Å². The topological polar surface area (TPSA) is 50.4 Å². The molecule has 26 heavy (non-hydrogen) atoms. The number of unbranched alkanes of at least 4 members (excludes halogenated alkanes) is 4. The van der Waals surface area contributed by atoms with E-state index in [1.54, 1.807) is 24.4 Å². The first-order valence-corrected chi connectivity index (χ1v) is 9.54. The van der Waals surface area contributed by atoms with Gasteiger partial charge < -0.3 is 9.67 Å². The summed E-state index contributed by atoms with van der Waals surface area (Å²) >= 11 is 6.01. The maximum absolute atomic E-state index is 9.97. The van der Waals surface area contributed by atoms with Crippen molar-refractivity contribution in [2.24, 2.45) is 4.99 Å². The van der Waals surface area contributed by atoms with Crippen LogP contribution < -0.4 is 0 Å². The van der Waals surface area contributed by atoms with E-state index in [0.29, 0.717) is 16.5 Å². The predicted molar refractivity (Wildman–Crippen MR) is 109 cm³/mol. The number of halogens is 1. The van der Waals surface area contributed by atoms with Gasteiger partial charge in [-0.3, -0.25) is 0 Å². The number of aryl methyl sites for hydroxylation is 1. The van der Waals surface area contributed by atoms with Crippen LogP contribution in [0.2, 0.25) is 5.02 Å². The molecule has 0 spiro atoms. The predicted octanol–water partition coefficient (Wildman–Crippen LogP) is 6.12. The first-order valence-electron chi connectivity index (χ1n) is 9.17. The van der Waals surface area contributed by atoms with Gasteiger partial charge in [-0.25, -0.2) is 9.98 Å². The molecule has 0 aliphatic heterocycles. The molecule has 3 aromatic rings. The van der Waals surface area contributed by atoms with Crippen molar-refractivity contribution in [3.63, 3.8) is 0 Å². The highest BCUT2D eigenvalue weighted by Crippen LogP contribution is 2.24. The van der Waals surface area contributed by atoms with Crippen LogP contribution in [0.25, 0.3) is 11.0 Å². The Morgan fingerprint density at radius 1 is 1.12 bits per heavy atom. The lowest BCUT2D eigenvalue weighted by Crippen LogP contribution is -1.98. The molecule has 0 saturated heterocycles. The quantitative estimate of drug-likeness (QED) is 0.384. The Morgan fingerprint density at radius 2 is 1.92 bits per heavy atom. The summed E-state index contributed by atoms with van der Waals surface area (Å²) < 4.78 is 2.15. The van der Waals surface area contributed by atoms with Gasteiger partial charge in [0.15, 0.2) is 0 Å². The van der Waals surface area contributed by atoms with Crippen LogP contribution in [0.3, 0.4) is 0 Å². The van der Waals surface area contributed by atoms with E-state index in [0.717, 1.165) is 24.0 Å². The Kier molecular flexibility index (Phi) is 6.29. The molecule has 0 radical (unpaired) electrons.